The van der Waals surface area contributed by atoms with E-state index in [1.807, 2.05) is 0 Å². The van der Waals surface area contributed by atoms with Crippen LogP contribution < -0.4 is 33.2 Å². The van der Waals surface area contributed by atoms with E-state index in [4.69, 9.17) is 17.2 Å². The number of thiol groups is 1. The Kier molecular flexibility index (Phi) is 13.4. The summed E-state index contributed by atoms with van der Waals surface area (Å²) in [6.45, 7) is 1.64. The lowest BCUT2D eigenvalue weighted by Crippen LogP contribution is -2.59. The number of nitrogens with one attached hydrogen (secondary N) is 3. The Hall–Kier alpha value is -2.42. The second kappa shape index (κ2) is 14.6. The number of hydrogen-bond donors (Lipinski definition) is 9. The highest BCUT2D eigenvalue weighted by Crippen LogP contribution is 2.03. The first-order valence-corrected chi connectivity index (χ1v) is 10.2. The van der Waals surface area contributed by atoms with Crippen LogP contribution in [0.25, 0.3) is 0 Å². The number of amides is 4. The lowest BCUT2D eigenvalue weighted by Gasteiger charge is -2.24. The van der Waals surface area contributed by atoms with Crippen molar-refractivity contribution in [3.05, 3.63) is 0 Å². The Morgan fingerprint density at radius 3 is 1.90 bits per heavy atom. The normalized spacial score (nSPS) is 15.6. The molecule has 14 heteroatoms. The molecule has 0 aromatic carbocycles. The molecule has 4 amide bonds. The number of primary amides is 1. The lowest BCUT2D eigenvalue weighted by atomic mass is 10.1. The van der Waals surface area contributed by atoms with Gasteiger partial charge in [0.05, 0.1) is 12.5 Å². The van der Waals surface area contributed by atoms with E-state index in [0.29, 0.717) is 19.4 Å². The average molecular weight is 465 g/mol. The molecule has 5 atom stereocenters. The van der Waals surface area contributed by atoms with Crippen LogP contribution in [0.1, 0.15) is 32.6 Å². The molecule has 31 heavy (non-hydrogen) atoms. The molecule has 0 bridgehead atoms. The maximum Gasteiger partial charge on any atom is 0.326 e. The number of aliphatic hydroxyl groups excluding tert-OH is 1. The third-order valence-electron chi connectivity index (χ3n) is 4.24. The van der Waals surface area contributed by atoms with Crippen LogP contribution in [-0.4, -0.2) is 82.4 Å². The van der Waals surface area contributed by atoms with E-state index < -0.39 is 66.3 Å². The Morgan fingerprint density at radius 2 is 1.45 bits per heavy atom. The van der Waals surface area contributed by atoms with Gasteiger partial charge in [0.2, 0.25) is 23.6 Å². The number of aliphatic carboxylic acids is 1. The third-order valence-corrected chi connectivity index (χ3v) is 4.60. The van der Waals surface area contributed by atoms with Gasteiger partial charge in [-0.05, 0) is 32.7 Å². The minimum atomic E-state index is -1.47. The summed E-state index contributed by atoms with van der Waals surface area (Å²) in [5.74, 6) is -5.02. The predicted molar refractivity (Wildman–Crippen MR) is 114 cm³/mol. The van der Waals surface area contributed by atoms with Crippen LogP contribution in [0.4, 0.5) is 0 Å². The van der Waals surface area contributed by atoms with Gasteiger partial charge in [0.1, 0.15) is 24.2 Å². The number of unbranched alkanes of at least 4 members (excludes halogenated alkanes) is 1. The van der Waals surface area contributed by atoms with Gasteiger partial charge in [-0.1, -0.05) is 0 Å². The van der Waals surface area contributed by atoms with Crippen molar-refractivity contribution >= 4 is 42.2 Å². The van der Waals surface area contributed by atoms with E-state index in [9.17, 15) is 34.2 Å². The summed E-state index contributed by atoms with van der Waals surface area (Å²) in [6, 6.07) is -5.28. The number of rotatable bonds is 15. The van der Waals surface area contributed by atoms with Gasteiger partial charge < -0.3 is 43.4 Å². The highest BCUT2D eigenvalue weighted by atomic mass is 32.1. The first-order chi connectivity index (χ1) is 14.4. The Bertz CT molecular complexity index is 648. The molecule has 0 aromatic heterocycles. The van der Waals surface area contributed by atoms with Crippen molar-refractivity contribution in [1.82, 2.24) is 16.0 Å². The van der Waals surface area contributed by atoms with Gasteiger partial charge in [0.25, 0.3) is 0 Å². The van der Waals surface area contributed by atoms with E-state index in [1.54, 1.807) is 0 Å². The monoisotopic (exact) mass is 464 g/mol. The molecule has 0 aromatic rings. The molecule has 0 aliphatic rings. The molecule has 0 spiro atoms. The van der Waals surface area contributed by atoms with E-state index >= 15 is 0 Å². The van der Waals surface area contributed by atoms with Crippen molar-refractivity contribution < 1.29 is 34.2 Å². The summed E-state index contributed by atoms with van der Waals surface area (Å²) >= 11 is 3.99. The molecule has 178 valence electrons. The second-order valence-electron chi connectivity index (χ2n) is 6.93. The summed E-state index contributed by atoms with van der Waals surface area (Å²) in [7, 11) is 0. The quantitative estimate of drug-likeness (QED) is 0.0850. The van der Waals surface area contributed by atoms with Crippen LogP contribution >= 0.6 is 12.6 Å². The number of hydrogen-bond acceptors (Lipinski definition) is 9. The molecule has 0 fully saturated rings. The van der Waals surface area contributed by atoms with Crippen LogP contribution in [0.15, 0.2) is 0 Å². The topological polar surface area (TPSA) is 240 Å². The summed E-state index contributed by atoms with van der Waals surface area (Å²) < 4.78 is 0. The molecular weight excluding hydrogens is 432 g/mol. The van der Waals surface area contributed by atoms with E-state index in [0.717, 1.165) is 0 Å². The third kappa shape index (κ3) is 11.0. The molecular formula is C17H32N6O7S. The van der Waals surface area contributed by atoms with Gasteiger partial charge in [-0.3, -0.25) is 19.2 Å². The lowest BCUT2D eigenvalue weighted by molar-refractivity contribution is -0.142. The maximum absolute atomic E-state index is 12.5. The zero-order chi connectivity index (χ0) is 24.1. The number of carbonyl (C=O) groups excluding carboxylic acids is 4. The summed E-state index contributed by atoms with van der Waals surface area (Å²) in [4.78, 5) is 59.6. The first kappa shape index (κ1) is 28.6. The summed E-state index contributed by atoms with van der Waals surface area (Å²) in [5.41, 5.74) is 16.0. The fraction of sp³-hybridized carbons (Fsp3) is 0.706. The minimum Gasteiger partial charge on any atom is -0.480 e. The van der Waals surface area contributed by atoms with Crippen LogP contribution in [0, 0.1) is 0 Å². The predicted octanol–water partition coefficient (Wildman–Crippen LogP) is -3.83. The van der Waals surface area contributed by atoms with Crippen LogP contribution in [0.2, 0.25) is 0 Å². The smallest absolute Gasteiger partial charge is 0.326 e. The van der Waals surface area contributed by atoms with Gasteiger partial charge in [-0.25, -0.2) is 4.79 Å². The van der Waals surface area contributed by atoms with Gasteiger partial charge in [-0.15, -0.1) is 0 Å². The molecule has 0 aliphatic heterocycles. The second-order valence-corrected chi connectivity index (χ2v) is 7.29. The van der Waals surface area contributed by atoms with Crippen molar-refractivity contribution in [1.29, 1.82) is 0 Å². The largest absolute Gasteiger partial charge is 0.480 e. The van der Waals surface area contributed by atoms with Crippen molar-refractivity contribution in [2.45, 2.75) is 62.9 Å². The zero-order valence-corrected chi connectivity index (χ0v) is 18.1. The first-order valence-electron chi connectivity index (χ1n) is 9.61. The summed E-state index contributed by atoms with van der Waals surface area (Å²) in [5, 5.41) is 25.4. The van der Waals surface area contributed by atoms with Crippen LogP contribution in [0.3, 0.4) is 0 Å². The van der Waals surface area contributed by atoms with Crippen molar-refractivity contribution in [2.24, 2.45) is 17.2 Å². The van der Waals surface area contributed by atoms with E-state index in [2.05, 4.69) is 28.6 Å². The summed E-state index contributed by atoms with van der Waals surface area (Å²) in [6.07, 6.45) is -0.622. The molecule has 0 rings (SSSR count). The molecule has 0 saturated heterocycles. The SMILES string of the molecule is CC(O)C(N)C(=O)NC(CC(N)=O)C(=O)NC(CS)C(=O)NC(CCCCN)C(=O)O. The standard InChI is InChI=1S/C17H32N6O7S/c1-8(24)13(20)16(28)22-10(6-12(19)25)14(26)23-11(7-31)15(27)21-9(17(29)30)4-2-3-5-18/h8-11,13,24,31H,2-7,18,20H2,1H3,(H2,19,25)(H,21,27)(H,22,28)(H,23,26)(H,29,30). The van der Waals surface area contributed by atoms with Crippen molar-refractivity contribution in [2.75, 3.05) is 12.3 Å². The van der Waals surface area contributed by atoms with Gasteiger partial charge in [0, 0.05) is 5.75 Å². The van der Waals surface area contributed by atoms with E-state index in [-0.39, 0.29) is 12.2 Å². The van der Waals surface area contributed by atoms with Crippen LogP contribution in [0.5, 0.6) is 0 Å². The fourth-order valence-electron chi connectivity index (χ4n) is 2.39. The highest BCUT2D eigenvalue weighted by Gasteiger charge is 2.31. The van der Waals surface area contributed by atoms with Gasteiger partial charge in [0.15, 0.2) is 0 Å². The Labute approximate surface area is 185 Å². The molecule has 13 nitrogen and oxygen atoms in total. The molecule has 5 unspecified atom stereocenters. The fourth-order valence-corrected chi connectivity index (χ4v) is 2.64. The number of nitrogens with two attached hydrogens (primary N) is 3. The molecule has 0 saturated carbocycles. The van der Waals surface area contributed by atoms with Crippen molar-refractivity contribution in [3.8, 4) is 0 Å². The molecule has 0 aliphatic carbocycles. The maximum atomic E-state index is 12.5. The zero-order valence-electron chi connectivity index (χ0n) is 17.2. The number of carboxylic acids is 1. The van der Waals surface area contributed by atoms with Gasteiger partial charge >= 0.3 is 5.97 Å². The Balaban J connectivity index is 5.20. The average Bonchev–Trinajstić information content (AvgIpc) is 2.69. The van der Waals surface area contributed by atoms with E-state index in [1.165, 1.54) is 6.92 Å². The van der Waals surface area contributed by atoms with Crippen LogP contribution in [-0.2, 0) is 24.0 Å². The molecule has 0 radical (unpaired) electrons. The number of carbonyl (C=O) groups is 5. The van der Waals surface area contributed by atoms with Gasteiger partial charge in [-0.2, -0.15) is 12.6 Å². The number of carboxylic acid groups (broad SMARTS) is 1. The van der Waals surface area contributed by atoms with Crippen molar-refractivity contribution in [3.63, 3.8) is 0 Å². The number of aliphatic hydroxyl groups is 1. The molecule has 0 heterocycles. The molecule has 11 N–H and O–H groups in total. The Morgan fingerprint density at radius 1 is 0.935 bits per heavy atom. The minimum absolute atomic E-state index is 0.142. The highest BCUT2D eigenvalue weighted by molar-refractivity contribution is 7.80.